The van der Waals surface area contributed by atoms with Gasteiger partial charge in [-0.2, -0.15) is 0 Å². The summed E-state index contributed by atoms with van der Waals surface area (Å²) in [5, 5.41) is 2.66. The summed E-state index contributed by atoms with van der Waals surface area (Å²) < 4.78 is 15.0. The van der Waals surface area contributed by atoms with Gasteiger partial charge in [0.1, 0.15) is 0 Å². The van der Waals surface area contributed by atoms with Crippen LogP contribution in [0.25, 0.3) is 0 Å². The second kappa shape index (κ2) is 13.6. The minimum absolute atomic E-state index is 0.0272. The number of benzene rings is 3. The van der Waals surface area contributed by atoms with Gasteiger partial charge in [0.25, 0.3) is 0 Å². The Kier molecular flexibility index (Phi) is 13.1. The molecule has 156 valence electrons. The van der Waals surface area contributed by atoms with Crippen LogP contribution >= 0.6 is 129 Å². The molecular weight excluding hydrogens is 723 g/mol. The molecule has 0 aliphatic carbocycles. The van der Waals surface area contributed by atoms with Gasteiger partial charge in [-0.1, -0.05) is 129 Å². The summed E-state index contributed by atoms with van der Waals surface area (Å²) in [5.41, 5.74) is 0. The highest BCUT2D eigenvalue weighted by Crippen LogP contribution is 2.33. The third-order valence-corrected chi connectivity index (χ3v) is 6.28. The van der Waals surface area contributed by atoms with Gasteiger partial charge in [-0.15, -0.1) is 0 Å². The molecular formula is C18H7Br3Cl7F. The van der Waals surface area contributed by atoms with Crippen LogP contribution in [0.15, 0.2) is 55.9 Å². The normalized spacial score (nSPS) is 9.90. The monoisotopic (exact) mass is 724 g/mol. The van der Waals surface area contributed by atoms with Crippen molar-refractivity contribution in [2.75, 3.05) is 0 Å². The molecule has 0 heterocycles. The van der Waals surface area contributed by atoms with Crippen molar-refractivity contribution in [3.05, 3.63) is 96.9 Å². The van der Waals surface area contributed by atoms with E-state index in [4.69, 9.17) is 81.2 Å². The first-order chi connectivity index (χ1) is 13.4. The first-order valence-electron chi connectivity index (χ1n) is 7.12. The maximum absolute atomic E-state index is 12.6. The molecule has 0 saturated heterocycles. The van der Waals surface area contributed by atoms with Gasteiger partial charge in [-0.3, -0.25) is 0 Å². The molecule has 11 heteroatoms. The fourth-order valence-corrected chi connectivity index (χ4v) is 5.38. The fourth-order valence-electron chi connectivity index (χ4n) is 1.57. The van der Waals surface area contributed by atoms with Gasteiger partial charge in [-0.05, 0) is 42.5 Å². The Morgan fingerprint density at radius 3 is 1.14 bits per heavy atom. The van der Waals surface area contributed by atoms with Gasteiger partial charge in [0.2, 0.25) is 0 Å². The van der Waals surface area contributed by atoms with Crippen molar-refractivity contribution < 1.29 is 4.39 Å². The summed E-state index contributed by atoms with van der Waals surface area (Å²) in [6.45, 7) is 0. The summed E-state index contributed by atoms with van der Waals surface area (Å²) in [6.07, 6.45) is 0. The summed E-state index contributed by atoms with van der Waals surface area (Å²) in [7, 11) is 0. The Hall–Kier alpha value is 1.06. The molecule has 0 aliphatic rings. The first-order valence-corrected chi connectivity index (χ1v) is 12.1. The average Bonchev–Trinajstić information content (AvgIpc) is 2.57. The third-order valence-electron chi connectivity index (χ3n) is 2.72. The lowest BCUT2D eigenvalue weighted by Gasteiger charge is -1.98. The number of hydrogen-bond donors (Lipinski definition) is 0. The van der Waals surface area contributed by atoms with Gasteiger partial charge in [-0.25, -0.2) is 4.39 Å². The molecule has 3 aromatic rings. The van der Waals surface area contributed by atoms with Gasteiger partial charge in [0.15, 0.2) is 5.82 Å². The summed E-state index contributed by atoms with van der Waals surface area (Å²) in [6, 6.07) is 11.5. The second-order valence-corrected chi connectivity index (χ2v) is 10.6. The SMILES string of the molecule is Clc1cc(Br)cc(Cl)c1Cl.Clc1cc(Cl)cc(Br)c1.Fc1c(Cl)cc(Br)cc1Cl. The molecule has 0 unspecified atom stereocenters. The quantitative estimate of drug-likeness (QED) is 0.160. The van der Waals surface area contributed by atoms with E-state index in [1.165, 1.54) is 12.1 Å². The van der Waals surface area contributed by atoms with E-state index in [1.54, 1.807) is 30.3 Å². The van der Waals surface area contributed by atoms with Crippen molar-refractivity contribution in [3.8, 4) is 0 Å². The van der Waals surface area contributed by atoms with Crippen molar-refractivity contribution >= 4 is 129 Å². The fraction of sp³-hybridized carbons (Fsp3) is 0. The van der Waals surface area contributed by atoms with E-state index in [2.05, 4.69) is 47.8 Å². The minimum atomic E-state index is -0.577. The van der Waals surface area contributed by atoms with Crippen LogP contribution in [0.4, 0.5) is 4.39 Å². The van der Waals surface area contributed by atoms with E-state index in [1.807, 2.05) is 0 Å². The standard InChI is InChI=1S/C6H2BrCl3.C6H2BrCl2F.C6H3BrCl2/c2*7-3-1-4(8)6(10)5(9)2-3;7-4-1-5(8)3-6(9)2-4/h2*1-2H;1-3H. The number of halogens is 11. The highest BCUT2D eigenvalue weighted by atomic mass is 79.9. The predicted octanol–water partition coefficient (Wildman–Crippen LogP) is 12.1. The molecule has 3 rings (SSSR count). The van der Waals surface area contributed by atoms with Crippen LogP contribution in [0.5, 0.6) is 0 Å². The van der Waals surface area contributed by atoms with E-state index in [-0.39, 0.29) is 10.0 Å². The molecule has 0 nitrogen and oxygen atoms in total. The lowest BCUT2D eigenvalue weighted by molar-refractivity contribution is 0.628. The Morgan fingerprint density at radius 2 is 0.793 bits per heavy atom. The highest BCUT2D eigenvalue weighted by molar-refractivity contribution is 9.11. The lowest BCUT2D eigenvalue weighted by Crippen LogP contribution is -1.78. The maximum atomic E-state index is 12.6. The zero-order valence-electron chi connectivity index (χ0n) is 13.7. The van der Waals surface area contributed by atoms with Crippen LogP contribution in [0.3, 0.4) is 0 Å². The van der Waals surface area contributed by atoms with E-state index < -0.39 is 5.82 Å². The van der Waals surface area contributed by atoms with E-state index >= 15 is 0 Å². The smallest absolute Gasteiger partial charge is 0.160 e. The van der Waals surface area contributed by atoms with Crippen molar-refractivity contribution in [1.82, 2.24) is 0 Å². The van der Waals surface area contributed by atoms with Gasteiger partial charge >= 0.3 is 0 Å². The molecule has 0 amide bonds. The maximum Gasteiger partial charge on any atom is 0.160 e. The highest BCUT2D eigenvalue weighted by Gasteiger charge is 2.05. The summed E-state index contributed by atoms with van der Waals surface area (Å²) in [4.78, 5) is 0. The van der Waals surface area contributed by atoms with Crippen LogP contribution < -0.4 is 0 Å². The Morgan fingerprint density at radius 1 is 0.483 bits per heavy atom. The molecule has 0 aromatic heterocycles. The zero-order valence-corrected chi connectivity index (χ0v) is 23.7. The van der Waals surface area contributed by atoms with Gasteiger partial charge in [0.05, 0.1) is 25.1 Å². The predicted molar refractivity (Wildman–Crippen MR) is 137 cm³/mol. The molecule has 0 spiro atoms. The van der Waals surface area contributed by atoms with Crippen molar-refractivity contribution in [2.24, 2.45) is 0 Å². The Balaban J connectivity index is 0.000000218. The average molecular weight is 730 g/mol. The summed E-state index contributed by atoms with van der Waals surface area (Å²) >= 11 is 48.7. The Labute approximate surface area is 227 Å². The van der Waals surface area contributed by atoms with Crippen LogP contribution in [0.2, 0.25) is 35.2 Å². The van der Waals surface area contributed by atoms with Gasteiger partial charge < -0.3 is 0 Å². The molecule has 0 fully saturated rings. The molecule has 0 radical (unpaired) electrons. The molecule has 3 aromatic carbocycles. The van der Waals surface area contributed by atoms with Crippen molar-refractivity contribution in [1.29, 1.82) is 0 Å². The topological polar surface area (TPSA) is 0 Å². The van der Waals surface area contributed by atoms with E-state index in [0.29, 0.717) is 29.6 Å². The van der Waals surface area contributed by atoms with Crippen LogP contribution in [0.1, 0.15) is 0 Å². The molecule has 29 heavy (non-hydrogen) atoms. The summed E-state index contributed by atoms with van der Waals surface area (Å²) in [5.74, 6) is -0.577. The van der Waals surface area contributed by atoms with E-state index in [9.17, 15) is 4.39 Å². The second-order valence-electron chi connectivity index (χ2n) is 4.95. The minimum Gasteiger partial charge on any atom is -0.204 e. The van der Waals surface area contributed by atoms with Crippen LogP contribution in [-0.4, -0.2) is 0 Å². The Bertz CT molecular complexity index is 847. The number of rotatable bonds is 0. The number of hydrogen-bond acceptors (Lipinski definition) is 0. The molecule has 0 N–H and O–H groups in total. The van der Waals surface area contributed by atoms with Crippen molar-refractivity contribution in [2.45, 2.75) is 0 Å². The first kappa shape index (κ1) is 28.1. The largest absolute Gasteiger partial charge is 0.204 e. The molecule has 0 saturated carbocycles. The zero-order chi connectivity index (χ0) is 22.3. The van der Waals surface area contributed by atoms with Crippen LogP contribution in [-0.2, 0) is 0 Å². The molecule has 0 atom stereocenters. The van der Waals surface area contributed by atoms with Crippen molar-refractivity contribution in [3.63, 3.8) is 0 Å². The molecule has 0 bridgehead atoms. The van der Waals surface area contributed by atoms with E-state index in [0.717, 1.165) is 8.95 Å². The lowest BCUT2D eigenvalue weighted by atomic mass is 10.3. The third kappa shape index (κ3) is 10.5. The van der Waals surface area contributed by atoms with Crippen LogP contribution in [0, 0.1) is 5.82 Å². The van der Waals surface area contributed by atoms with Gasteiger partial charge in [0, 0.05) is 23.5 Å². The molecule has 0 aliphatic heterocycles.